The van der Waals surface area contributed by atoms with Crippen molar-refractivity contribution in [3.63, 3.8) is 0 Å². The third kappa shape index (κ3) is 3.39. The Morgan fingerprint density at radius 2 is 2.00 bits per heavy atom. The molecule has 0 aromatic heterocycles. The number of phenols is 1. The van der Waals surface area contributed by atoms with Gasteiger partial charge in [-0.2, -0.15) is 5.26 Å². The van der Waals surface area contributed by atoms with E-state index >= 15 is 0 Å². The van der Waals surface area contributed by atoms with E-state index < -0.39 is 0 Å². The maximum atomic E-state index is 9.76. The Hall–Kier alpha value is -1.73. The molecule has 1 aliphatic heterocycles. The first-order valence-electron chi connectivity index (χ1n) is 6.85. The molecule has 1 fully saturated rings. The van der Waals surface area contributed by atoms with Crippen LogP contribution in [0.25, 0.3) is 0 Å². The van der Waals surface area contributed by atoms with Crippen molar-refractivity contribution in [2.24, 2.45) is 0 Å². The molecule has 1 aromatic rings. The van der Waals surface area contributed by atoms with Crippen molar-refractivity contribution in [3.05, 3.63) is 23.8 Å². The molecule has 0 amide bonds. The van der Waals surface area contributed by atoms with Gasteiger partial charge in [0.1, 0.15) is 5.75 Å². The van der Waals surface area contributed by atoms with E-state index in [0.29, 0.717) is 12.2 Å². The number of rotatable bonds is 4. The monoisotopic (exact) mass is 259 g/mol. The predicted molar refractivity (Wildman–Crippen MR) is 76.3 cm³/mol. The Morgan fingerprint density at radius 3 is 2.68 bits per heavy atom. The lowest BCUT2D eigenvalue weighted by Gasteiger charge is -2.36. The third-order valence-electron chi connectivity index (χ3n) is 3.75. The van der Waals surface area contributed by atoms with E-state index in [9.17, 15) is 5.11 Å². The van der Waals surface area contributed by atoms with Crippen molar-refractivity contribution in [2.45, 2.75) is 19.8 Å². The van der Waals surface area contributed by atoms with Gasteiger partial charge in [-0.15, -0.1) is 0 Å². The number of nitriles is 1. The molecule has 0 atom stereocenters. The second kappa shape index (κ2) is 6.44. The quantitative estimate of drug-likeness (QED) is 0.842. The molecule has 1 saturated heterocycles. The van der Waals surface area contributed by atoms with Crippen molar-refractivity contribution in [1.82, 2.24) is 4.90 Å². The number of anilines is 1. The topological polar surface area (TPSA) is 50.5 Å². The van der Waals surface area contributed by atoms with Gasteiger partial charge in [0.15, 0.2) is 0 Å². The molecule has 1 N–H and O–H groups in total. The van der Waals surface area contributed by atoms with Gasteiger partial charge in [-0.05, 0) is 32.0 Å². The fraction of sp³-hybridized carbons (Fsp3) is 0.533. The number of aromatic hydroxyl groups is 1. The summed E-state index contributed by atoms with van der Waals surface area (Å²) in [5.74, 6) is 0.369. The molecule has 2 rings (SSSR count). The molecule has 0 bridgehead atoms. The number of unbranched alkanes of at least 4 members (excludes halogenated alkanes) is 1. The zero-order valence-electron chi connectivity index (χ0n) is 11.5. The van der Waals surface area contributed by atoms with Crippen molar-refractivity contribution >= 4 is 5.69 Å². The number of piperazine rings is 1. The van der Waals surface area contributed by atoms with Crippen molar-refractivity contribution < 1.29 is 5.11 Å². The van der Waals surface area contributed by atoms with E-state index in [0.717, 1.165) is 50.4 Å². The van der Waals surface area contributed by atoms with Crippen molar-refractivity contribution in [1.29, 1.82) is 5.26 Å². The number of phenolic OH excluding ortho intramolecular Hbond substituents is 1. The summed E-state index contributed by atoms with van der Waals surface area (Å²) in [5.41, 5.74) is 2.09. The maximum absolute atomic E-state index is 9.76. The normalized spacial score (nSPS) is 16.3. The van der Waals surface area contributed by atoms with Crippen LogP contribution in [0.1, 0.15) is 18.4 Å². The van der Waals surface area contributed by atoms with Gasteiger partial charge < -0.3 is 10.0 Å². The van der Waals surface area contributed by atoms with E-state index in [-0.39, 0.29) is 0 Å². The van der Waals surface area contributed by atoms with Crippen LogP contribution in [0.15, 0.2) is 18.2 Å². The molecule has 0 spiro atoms. The Bertz CT molecular complexity index is 459. The average molecular weight is 259 g/mol. The first-order chi connectivity index (χ1) is 9.22. The van der Waals surface area contributed by atoms with Gasteiger partial charge in [-0.3, -0.25) is 4.90 Å². The minimum absolute atomic E-state index is 0.369. The highest BCUT2D eigenvalue weighted by atomic mass is 16.3. The van der Waals surface area contributed by atoms with Crippen LogP contribution in [0.3, 0.4) is 0 Å². The smallest absolute Gasteiger partial charge is 0.120 e. The van der Waals surface area contributed by atoms with E-state index in [1.165, 1.54) is 0 Å². The molecule has 0 aliphatic carbocycles. The molecule has 0 radical (unpaired) electrons. The van der Waals surface area contributed by atoms with E-state index in [2.05, 4.69) is 21.9 Å². The molecule has 1 heterocycles. The van der Waals surface area contributed by atoms with Gasteiger partial charge in [0.25, 0.3) is 0 Å². The number of hydrogen-bond acceptors (Lipinski definition) is 4. The van der Waals surface area contributed by atoms with E-state index in [4.69, 9.17) is 5.26 Å². The Kier molecular flexibility index (Phi) is 4.64. The summed E-state index contributed by atoms with van der Waals surface area (Å²) in [6.45, 7) is 7.00. The van der Waals surface area contributed by atoms with Crippen LogP contribution in [0, 0.1) is 18.3 Å². The lowest BCUT2D eigenvalue weighted by atomic mass is 10.1. The molecule has 1 aromatic carbocycles. The Morgan fingerprint density at radius 1 is 1.26 bits per heavy atom. The van der Waals surface area contributed by atoms with Gasteiger partial charge in [-0.25, -0.2) is 0 Å². The lowest BCUT2D eigenvalue weighted by molar-refractivity contribution is 0.256. The molecule has 4 nitrogen and oxygen atoms in total. The predicted octanol–water partition coefficient (Wildman–Crippen LogP) is 2.13. The van der Waals surface area contributed by atoms with Crippen LogP contribution in [0.2, 0.25) is 0 Å². The minimum atomic E-state index is 0.369. The van der Waals surface area contributed by atoms with Gasteiger partial charge >= 0.3 is 0 Å². The second-order valence-corrected chi connectivity index (χ2v) is 5.01. The second-order valence-electron chi connectivity index (χ2n) is 5.01. The Balaban J connectivity index is 1.89. The Labute approximate surface area is 114 Å². The fourth-order valence-electron chi connectivity index (χ4n) is 2.55. The summed E-state index contributed by atoms with van der Waals surface area (Å²) >= 11 is 0. The van der Waals surface area contributed by atoms with Crippen LogP contribution in [-0.2, 0) is 0 Å². The molecule has 0 saturated carbocycles. The third-order valence-corrected chi connectivity index (χ3v) is 3.75. The first kappa shape index (κ1) is 13.7. The zero-order chi connectivity index (χ0) is 13.7. The van der Waals surface area contributed by atoms with Gasteiger partial charge in [-0.1, -0.05) is 6.07 Å². The van der Waals surface area contributed by atoms with Crippen LogP contribution in [0.5, 0.6) is 5.75 Å². The van der Waals surface area contributed by atoms with Crippen LogP contribution < -0.4 is 4.90 Å². The lowest BCUT2D eigenvalue weighted by Crippen LogP contribution is -2.46. The van der Waals surface area contributed by atoms with E-state index in [1.54, 1.807) is 6.07 Å². The van der Waals surface area contributed by atoms with Gasteiger partial charge in [0, 0.05) is 43.9 Å². The number of hydrogen-bond donors (Lipinski definition) is 1. The molecule has 1 aliphatic rings. The molecule has 4 heteroatoms. The highest BCUT2D eigenvalue weighted by molar-refractivity contribution is 5.58. The number of benzene rings is 1. The summed E-state index contributed by atoms with van der Waals surface area (Å²) in [6.07, 6.45) is 1.60. The highest BCUT2D eigenvalue weighted by Crippen LogP contribution is 2.28. The molecule has 0 unspecified atom stereocenters. The molecular formula is C15H21N3O. The average Bonchev–Trinajstić information content (AvgIpc) is 2.43. The zero-order valence-corrected chi connectivity index (χ0v) is 11.5. The molecular weight excluding hydrogens is 238 g/mol. The summed E-state index contributed by atoms with van der Waals surface area (Å²) in [6, 6.07) is 7.89. The van der Waals surface area contributed by atoms with Gasteiger partial charge in [0.2, 0.25) is 0 Å². The minimum Gasteiger partial charge on any atom is -0.508 e. The van der Waals surface area contributed by atoms with Crippen LogP contribution >= 0.6 is 0 Å². The van der Waals surface area contributed by atoms with Crippen molar-refractivity contribution in [3.8, 4) is 11.8 Å². The standard InChI is InChI=1S/C15H21N3O/c1-13-14(5-4-6-15(13)19)18-11-9-17(10-12-18)8-3-2-7-16/h4-6,19H,2-3,8-12H2,1H3. The van der Waals surface area contributed by atoms with Gasteiger partial charge in [0.05, 0.1) is 6.07 Å². The van der Waals surface area contributed by atoms with E-state index in [1.807, 2.05) is 13.0 Å². The van der Waals surface area contributed by atoms with Crippen LogP contribution in [-0.4, -0.2) is 42.7 Å². The molecule has 19 heavy (non-hydrogen) atoms. The molecule has 102 valence electrons. The SMILES string of the molecule is Cc1c(O)cccc1N1CCN(CCCC#N)CC1. The summed E-state index contributed by atoms with van der Waals surface area (Å²) in [7, 11) is 0. The van der Waals surface area contributed by atoms with Crippen LogP contribution in [0.4, 0.5) is 5.69 Å². The maximum Gasteiger partial charge on any atom is 0.120 e. The number of nitrogens with zero attached hydrogens (tertiary/aromatic N) is 3. The fourth-order valence-corrected chi connectivity index (χ4v) is 2.55. The first-order valence-corrected chi connectivity index (χ1v) is 6.85. The summed E-state index contributed by atoms with van der Waals surface area (Å²) in [5, 5.41) is 18.3. The largest absolute Gasteiger partial charge is 0.508 e. The summed E-state index contributed by atoms with van der Waals surface area (Å²) in [4.78, 5) is 4.74. The van der Waals surface area contributed by atoms with Crippen molar-refractivity contribution in [2.75, 3.05) is 37.6 Å². The summed E-state index contributed by atoms with van der Waals surface area (Å²) < 4.78 is 0. The highest BCUT2D eigenvalue weighted by Gasteiger charge is 2.18.